The van der Waals surface area contributed by atoms with Gasteiger partial charge in [0.25, 0.3) is 0 Å². The first-order chi connectivity index (χ1) is 13.5. The molecule has 4 rings (SSSR count). The van der Waals surface area contributed by atoms with Crippen molar-refractivity contribution in [2.45, 2.75) is 33.3 Å². The summed E-state index contributed by atoms with van der Waals surface area (Å²) in [4.78, 5) is 0. The first kappa shape index (κ1) is 18.6. The van der Waals surface area contributed by atoms with Crippen LogP contribution in [0.25, 0.3) is 11.8 Å². The Morgan fingerprint density at radius 1 is 1.11 bits per heavy atom. The van der Waals surface area contributed by atoms with Crippen molar-refractivity contribution in [3.05, 3.63) is 89.0 Å². The smallest absolute Gasteiger partial charge is 0.123 e. The number of hydrogen-bond donors (Lipinski definition) is 0. The molecule has 0 aliphatic heterocycles. The Morgan fingerprint density at radius 3 is 2.61 bits per heavy atom. The van der Waals surface area contributed by atoms with Gasteiger partial charge in [0.1, 0.15) is 5.82 Å². The van der Waals surface area contributed by atoms with Crippen molar-refractivity contribution >= 4 is 6.08 Å². The van der Waals surface area contributed by atoms with Gasteiger partial charge in [-0.05, 0) is 66.6 Å². The summed E-state index contributed by atoms with van der Waals surface area (Å²) < 4.78 is 21.1. The molecule has 1 aliphatic rings. The molecule has 0 spiro atoms. The number of benzene rings is 2. The zero-order chi connectivity index (χ0) is 19.6. The van der Waals surface area contributed by atoms with Gasteiger partial charge in [-0.3, -0.25) is 0 Å². The molecule has 1 aliphatic carbocycles. The van der Waals surface area contributed by atoms with Crippen molar-refractivity contribution < 1.29 is 9.13 Å². The van der Waals surface area contributed by atoms with E-state index in [1.807, 2.05) is 29.1 Å². The van der Waals surface area contributed by atoms with Gasteiger partial charge in [0, 0.05) is 6.61 Å². The van der Waals surface area contributed by atoms with Crippen LogP contribution in [-0.4, -0.2) is 16.4 Å². The monoisotopic (exact) mass is 376 g/mol. The summed E-state index contributed by atoms with van der Waals surface area (Å²) in [7, 11) is 0. The first-order valence-corrected chi connectivity index (χ1v) is 9.68. The Morgan fingerprint density at radius 2 is 1.86 bits per heavy atom. The lowest BCUT2D eigenvalue weighted by Gasteiger charge is -2.34. The molecule has 3 nitrogen and oxygen atoms in total. The summed E-state index contributed by atoms with van der Waals surface area (Å²) in [5, 5.41) is 4.55. The van der Waals surface area contributed by atoms with Gasteiger partial charge in [-0.2, -0.15) is 5.10 Å². The second-order valence-electron chi connectivity index (χ2n) is 7.80. The molecule has 1 unspecified atom stereocenters. The quantitative estimate of drug-likeness (QED) is 0.525. The topological polar surface area (TPSA) is 27.1 Å². The molecule has 0 saturated heterocycles. The summed E-state index contributed by atoms with van der Waals surface area (Å²) in [6, 6.07) is 16.7. The lowest BCUT2D eigenvalue weighted by Crippen LogP contribution is -2.26. The molecule has 4 heteroatoms. The molecule has 0 bridgehead atoms. The van der Waals surface area contributed by atoms with Crippen LogP contribution in [0, 0.1) is 11.2 Å². The average molecular weight is 376 g/mol. The summed E-state index contributed by atoms with van der Waals surface area (Å²) in [6.45, 7) is 5.84. The number of rotatable bonds is 6. The van der Waals surface area contributed by atoms with E-state index in [9.17, 15) is 4.39 Å². The van der Waals surface area contributed by atoms with E-state index in [2.05, 4.69) is 37.2 Å². The van der Waals surface area contributed by atoms with Gasteiger partial charge in [-0.25, -0.2) is 9.07 Å². The van der Waals surface area contributed by atoms with E-state index in [1.54, 1.807) is 12.1 Å². The third-order valence-electron chi connectivity index (χ3n) is 5.75. The third-order valence-corrected chi connectivity index (χ3v) is 5.75. The van der Waals surface area contributed by atoms with Crippen LogP contribution in [0.4, 0.5) is 4.39 Å². The predicted octanol–water partition coefficient (Wildman–Crippen LogP) is 5.58. The molecule has 144 valence electrons. The lowest BCUT2D eigenvalue weighted by molar-refractivity contribution is 0.0957. The number of allylic oxidation sites excluding steroid dienone is 1. The highest BCUT2D eigenvalue weighted by Crippen LogP contribution is 2.41. The third kappa shape index (κ3) is 3.78. The molecule has 2 aromatic carbocycles. The number of fused-ring (bicyclic) bond motifs is 1. The number of ether oxygens (including phenoxy) is 1. The standard InChI is InChI=1S/C24H25FN2O/c1-18-14-23-20(16-26-27(23)22-10-8-21(25)9-11-22)15-24(18,2)12-13-28-17-19-6-4-3-5-7-19/h3-11,14,16H,12-13,15,17H2,1-2H3. The summed E-state index contributed by atoms with van der Waals surface area (Å²) >= 11 is 0. The van der Waals surface area contributed by atoms with E-state index < -0.39 is 0 Å². The maximum atomic E-state index is 13.2. The molecule has 0 N–H and O–H groups in total. The van der Waals surface area contributed by atoms with Crippen LogP contribution in [0.5, 0.6) is 0 Å². The summed E-state index contributed by atoms with van der Waals surface area (Å²) in [6.07, 6.45) is 6.04. The van der Waals surface area contributed by atoms with E-state index in [0.29, 0.717) is 6.61 Å². The van der Waals surface area contributed by atoms with Crippen molar-refractivity contribution in [2.24, 2.45) is 5.41 Å². The fraction of sp³-hybridized carbons (Fsp3) is 0.292. The number of halogens is 1. The van der Waals surface area contributed by atoms with E-state index >= 15 is 0 Å². The van der Waals surface area contributed by atoms with Gasteiger partial charge in [-0.15, -0.1) is 0 Å². The minimum atomic E-state index is -0.237. The zero-order valence-electron chi connectivity index (χ0n) is 16.4. The van der Waals surface area contributed by atoms with Crippen molar-refractivity contribution in [1.82, 2.24) is 9.78 Å². The van der Waals surface area contributed by atoms with Crippen molar-refractivity contribution in [3.63, 3.8) is 0 Å². The van der Waals surface area contributed by atoms with Crippen molar-refractivity contribution in [2.75, 3.05) is 6.61 Å². The maximum Gasteiger partial charge on any atom is 0.123 e. The largest absolute Gasteiger partial charge is 0.377 e. The highest BCUT2D eigenvalue weighted by molar-refractivity contribution is 5.60. The van der Waals surface area contributed by atoms with Crippen LogP contribution in [-0.2, 0) is 17.8 Å². The second-order valence-corrected chi connectivity index (χ2v) is 7.80. The van der Waals surface area contributed by atoms with Crippen LogP contribution in [0.3, 0.4) is 0 Å². The Kier molecular flexibility index (Phi) is 5.14. The minimum Gasteiger partial charge on any atom is -0.377 e. The Hall–Kier alpha value is -2.72. The maximum absolute atomic E-state index is 13.2. The zero-order valence-corrected chi connectivity index (χ0v) is 16.4. The first-order valence-electron chi connectivity index (χ1n) is 9.68. The Labute approximate surface area is 165 Å². The number of nitrogens with zero attached hydrogens (tertiary/aromatic N) is 2. The molecular weight excluding hydrogens is 351 g/mol. The summed E-state index contributed by atoms with van der Waals surface area (Å²) in [5.74, 6) is -0.237. The van der Waals surface area contributed by atoms with Crippen LogP contribution in [0.1, 0.15) is 37.1 Å². The van der Waals surface area contributed by atoms with Gasteiger partial charge in [0.2, 0.25) is 0 Å². The van der Waals surface area contributed by atoms with E-state index in [4.69, 9.17) is 4.74 Å². The highest BCUT2D eigenvalue weighted by atomic mass is 19.1. The van der Waals surface area contributed by atoms with Crippen LogP contribution in [0.2, 0.25) is 0 Å². The molecule has 0 amide bonds. The van der Waals surface area contributed by atoms with E-state index in [0.717, 1.165) is 30.8 Å². The van der Waals surface area contributed by atoms with Gasteiger partial charge < -0.3 is 4.74 Å². The Balaban J connectivity index is 1.45. The lowest BCUT2D eigenvalue weighted by atomic mass is 9.72. The molecule has 0 fully saturated rings. The highest BCUT2D eigenvalue weighted by Gasteiger charge is 2.32. The SMILES string of the molecule is CC1=Cc2c(cnn2-c2ccc(F)cc2)CC1(C)CCOCc1ccccc1. The number of aromatic nitrogens is 2. The van der Waals surface area contributed by atoms with E-state index in [1.165, 1.54) is 28.8 Å². The molecule has 0 radical (unpaired) electrons. The molecule has 28 heavy (non-hydrogen) atoms. The fourth-order valence-electron chi connectivity index (χ4n) is 3.76. The van der Waals surface area contributed by atoms with Crippen molar-refractivity contribution in [3.8, 4) is 5.69 Å². The van der Waals surface area contributed by atoms with Gasteiger partial charge in [0.15, 0.2) is 0 Å². The predicted molar refractivity (Wildman–Crippen MR) is 110 cm³/mol. The van der Waals surface area contributed by atoms with Gasteiger partial charge >= 0.3 is 0 Å². The molecule has 1 aromatic heterocycles. The fourth-order valence-corrected chi connectivity index (χ4v) is 3.76. The van der Waals surface area contributed by atoms with Crippen molar-refractivity contribution in [1.29, 1.82) is 0 Å². The van der Waals surface area contributed by atoms with Crippen LogP contribution < -0.4 is 0 Å². The second kappa shape index (κ2) is 7.72. The average Bonchev–Trinajstić information content (AvgIpc) is 3.09. The normalized spacial score (nSPS) is 18.6. The molecule has 3 aromatic rings. The molecule has 1 atom stereocenters. The van der Waals surface area contributed by atoms with Gasteiger partial charge in [0.05, 0.1) is 24.2 Å². The minimum absolute atomic E-state index is 0.0559. The van der Waals surface area contributed by atoms with Gasteiger partial charge in [-0.1, -0.05) is 42.8 Å². The van der Waals surface area contributed by atoms with E-state index in [-0.39, 0.29) is 11.2 Å². The van der Waals surface area contributed by atoms with Crippen LogP contribution >= 0.6 is 0 Å². The molecule has 1 heterocycles. The molecule has 0 saturated carbocycles. The Bertz CT molecular complexity index is 976. The molecular formula is C24H25FN2O. The summed E-state index contributed by atoms with van der Waals surface area (Å²) in [5.41, 5.74) is 5.77. The number of hydrogen-bond acceptors (Lipinski definition) is 2. The van der Waals surface area contributed by atoms with Crippen LogP contribution in [0.15, 0.2) is 66.4 Å².